The molecule has 186 valence electrons. The van der Waals surface area contributed by atoms with Crippen LogP contribution >= 0.6 is 0 Å². The third kappa shape index (κ3) is 4.89. The predicted molar refractivity (Wildman–Crippen MR) is 132 cm³/mol. The number of nitrogens with one attached hydrogen (secondary N) is 1. The van der Waals surface area contributed by atoms with E-state index in [4.69, 9.17) is 14.2 Å². The minimum Gasteiger partial charge on any atom is -0.490 e. The quantitative estimate of drug-likeness (QED) is 0.673. The first kappa shape index (κ1) is 23.7. The number of anilines is 1. The van der Waals surface area contributed by atoms with Crippen molar-refractivity contribution in [2.75, 3.05) is 38.2 Å². The number of aromatic nitrogens is 1. The van der Waals surface area contributed by atoms with Gasteiger partial charge in [-0.15, -0.1) is 0 Å². The molecule has 35 heavy (non-hydrogen) atoms. The molecule has 8 heteroatoms. The maximum atomic E-state index is 13.3. The molecule has 2 saturated heterocycles. The maximum absolute atomic E-state index is 13.3. The fourth-order valence-corrected chi connectivity index (χ4v) is 5.49. The van der Waals surface area contributed by atoms with Gasteiger partial charge in [-0.3, -0.25) is 9.69 Å². The fourth-order valence-electron chi connectivity index (χ4n) is 5.49. The molecule has 8 nitrogen and oxygen atoms in total. The van der Waals surface area contributed by atoms with Gasteiger partial charge in [0, 0.05) is 24.8 Å². The molecule has 3 aliphatic rings. The number of ether oxygens (including phenoxy) is 3. The normalized spacial score (nSPS) is 22.1. The molecule has 0 unspecified atom stereocenters. The molecule has 1 N–H and O–H groups in total. The number of likely N-dealkylation sites (tertiary alicyclic amines) is 1. The molecule has 2 fully saturated rings. The van der Waals surface area contributed by atoms with E-state index < -0.39 is 0 Å². The molecule has 0 radical (unpaired) electrons. The Labute approximate surface area is 206 Å². The standard InChI is InChI=1S/C27H34N4O4/c1-18-19(2)31(16-21-6-4-11-33-21)27(22(18)15-28)29-26(32)17-30-10-3-7-23(30)20-8-9-24-25(14-20)35-13-5-12-34-24/h8-9,14,21,23H,3-7,10-13,16-17H2,1-2H3,(H,29,32)/t21-,23-/m1/s1. The lowest BCUT2D eigenvalue weighted by molar-refractivity contribution is -0.117. The second-order valence-corrected chi connectivity index (χ2v) is 9.72. The summed E-state index contributed by atoms with van der Waals surface area (Å²) in [6, 6.07) is 8.58. The van der Waals surface area contributed by atoms with Gasteiger partial charge in [-0.05, 0) is 69.3 Å². The third-order valence-electron chi connectivity index (χ3n) is 7.48. The molecule has 0 aliphatic carbocycles. The highest BCUT2D eigenvalue weighted by molar-refractivity contribution is 5.93. The molecule has 0 bridgehead atoms. The predicted octanol–water partition coefficient (Wildman–Crippen LogP) is 4.09. The minimum atomic E-state index is -0.103. The highest BCUT2D eigenvalue weighted by Crippen LogP contribution is 2.38. The molecule has 0 spiro atoms. The Kier molecular flexibility index (Phi) is 6.98. The van der Waals surface area contributed by atoms with Crippen LogP contribution in [-0.4, -0.2) is 54.4 Å². The number of amides is 1. The van der Waals surface area contributed by atoms with Crippen LogP contribution in [0.25, 0.3) is 0 Å². The fraction of sp³-hybridized carbons (Fsp3) is 0.556. The van der Waals surface area contributed by atoms with Gasteiger partial charge in [0.05, 0.1) is 38.0 Å². The Balaban J connectivity index is 1.32. The van der Waals surface area contributed by atoms with Crippen molar-refractivity contribution in [1.29, 1.82) is 5.26 Å². The first-order valence-electron chi connectivity index (χ1n) is 12.7. The second kappa shape index (κ2) is 10.3. The Morgan fingerprint density at radius 1 is 1.11 bits per heavy atom. The summed E-state index contributed by atoms with van der Waals surface area (Å²) in [4.78, 5) is 15.5. The average Bonchev–Trinajstić information content (AvgIpc) is 3.53. The molecule has 4 heterocycles. The number of nitriles is 1. The topological polar surface area (TPSA) is 88.8 Å². The van der Waals surface area contributed by atoms with Crippen LogP contribution in [0.3, 0.4) is 0 Å². The first-order chi connectivity index (χ1) is 17.0. The average molecular weight is 479 g/mol. The number of carbonyl (C=O) groups is 1. The van der Waals surface area contributed by atoms with Gasteiger partial charge in [-0.1, -0.05) is 6.07 Å². The Morgan fingerprint density at radius 2 is 1.94 bits per heavy atom. The summed E-state index contributed by atoms with van der Waals surface area (Å²) in [6.45, 7) is 7.80. The van der Waals surface area contributed by atoms with Gasteiger partial charge in [-0.2, -0.15) is 5.26 Å². The summed E-state index contributed by atoms with van der Waals surface area (Å²) >= 11 is 0. The molecule has 2 aromatic rings. The molecule has 1 aromatic carbocycles. The lowest BCUT2D eigenvalue weighted by atomic mass is 10.0. The van der Waals surface area contributed by atoms with E-state index in [0.29, 0.717) is 31.1 Å². The van der Waals surface area contributed by atoms with Crippen LogP contribution in [0, 0.1) is 25.2 Å². The zero-order chi connectivity index (χ0) is 24.4. The molecule has 3 aliphatic heterocycles. The van der Waals surface area contributed by atoms with Crippen molar-refractivity contribution >= 4 is 11.7 Å². The number of carbonyl (C=O) groups excluding carboxylic acids is 1. The van der Waals surface area contributed by atoms with E-state index >= 15 is 0 Å². The number of fused-ring (bicyclic) bond motifs is 1. The summed E-state index contributed by atoms with van der Waals surface area (Å²) in [5, 5.41) is 12.9. The van der Waals surface area contributed by atoms with Crippen molar-refractivity contribution in [3.8, 4) is 17.6 Å². The van der Waals surface area contributed by atoms with Gasteiger partial charge in [0.2, 0.25) is 5.91 Å². The van der Waals surface area contributed by atoms with Crippen molar-refractivity contribution in [2.45, 2.75) is 64.6 Å². The van der Waals surface area contributed by atoms with E-state index in [-0.39, 0.29) is 24.6 Å². The Bertz CT molecular complexity index is 1130. The van der Waals surface area contributed by atoms with Crippen LogP contribution in [0.4, 0.5) is 5.82 Å². The number of rotatable bonds is 6. The first-order valence-corrected chi connectivity index (χ1v) is 12.7. The highest BCUT2D eigenvalue weighted by Gasteiger charge is 2.30. The summed E-state index contributed by atoms with van der Waals surface area (Å²) < 4.78 is 19.5. The maximum Gasteiger partial charge on any atom is 0.239 e. The molecular formula is C27H34N4O4. The molecule has 1 amide bonds. The van der Waals surface area contributed by atoms with Gasteiger partial charge in [-0.25, -0.2) is 0 Å². The van der Waals surface area contributed by atoms with Crippen molar-refractivity contribution < 1.29 is 19.0 Å². The molecule has 1 aromatic heterocycles. The highest BCUT2D eigenvalue weighted by atomic mass is 16.5. The van der Waals surface area contributed by atoms with Gasteiger partial charge >= 0.3 is 0 Å². The zero-order valence-corrected chi connectivity index (χ0v) is 20.6. The summed E-state index contributed by atoms with van der Waals surface area (Å²) in [5.41, 5.74) is 3.59. The SMILES string of the molecule is Cc1c(C#N)c(NC(=O)CN2CCC[C@@H]2c2ccc3c(c2)OCCCO3)n(C[C@H]2CCCO2)c1C. The van der Waals surface area contributed by atoms with Crippen LogP contribution in [0.2, 0.25) is 0 Å². The largest absolute Gasteiger partial charge is 0.490 e. The number of hydrogen-bond donors (Lipinski definition) is 1. The van der Waals surface area contributed by atoms with Crippen LogP contribution in [0.15, 0.2) is 18.2 Å². The molecule has 5 rings (SSSR count). The van der Waals surface area contributed by atoms with E-state index in [1.165, 1.54) is 0 Å². The lowest BCUT2D eigenvalue weighted by Crippen LogP contribution is -2.33. The monoisotopic (exact) mass is 478 g/mol. The van der Waals surface area contributed by atoms with Gasteiger partial charge in [0.25, 0.3) is 0 Å². The number of benzene rings is 1. The summed E-state index contributed by atoms with van der Waals surface area (Å²) in [5.74, 6) is 2.06. The second-order valence-electron chi connectivity index (χ2n) is 9.72. The van der Waals surface area contributed by atoms with Crippen molar-refractivity contribution in [3.63, 3.8) is 0 Å². The number of hydrogen-bond acceptors (Lipinski definition) is 6. The third-order valence-corrected chi connectivity index (χ3v) is 7.48. The van der Waals surface area contributed by atoms with Crippen molar-refractivity contribution in [3.05, 3.63) is 40.6 Å². The smallest absolute Gasteiger partial charge is 0.239 e. The van der Waals surface area contributed by atoms with Crippen LogP contribution < -0.4 is 14.8 Å². The Morgan fingerprint density at radius 3 is 2.71 bits per heavy atom. The van der Waals surface area contributed by atoms with E-state index in [1.54, 1.807) is 0 Å². The van der Waals surface area contributed by atoms with Crippen molar-refractivity contribution in [1.82, 2.24) is 9.47 Å². The van der Waals surface area contributed by atoms with Crippen LogP contribution in [0.5, 0.6) is 11.5 Å². The van der Waals surface area contributed by atoms with Gasteiger partial charge < -0.3 is 24.1 Å². The summed E-state index contributed by atoms with van der Waals surface area (Å²) in [7, 11) is 0. The van der Waals surface area contributed by atoms with E-state index in [2.05, 4.69) is 28.4 Å². The Hall–Kier alpha value is -3.02. The minimum absolute atomic E-state index is 0.103. The molecular weight excluding hydrogens is 444 g/mol. The summed E-state index contributed by atoms with van der Waals surface area (Å²) in [6.07, 6.45) is 5.06. The van der Waals surface area contributed by atoms with Gasteiger partial charge in [0.1, 0.15) is 11.9 Å². The van der Waals surface area contributed by atoms with Gasteiger partial charge in [0.15, 0.2) is 11.5 Å². The zero-order valence-electron chi connectivity index (χ0n) is 20.6. The van der Waals surface area contributed by atoms with E-state index in [1.807, 2.05) is 24.5 Å². The molecule has 2 atom stereocenters. The molecule has 0 saturated carbocycles. The van der Waals surface area contributed by atoms with Crippen LogP contribution in [0.1, 0.15) is 60.5 Å². The lowest BCUT2D eigenvalue weighted by Gasteiger charge is -2.25. The van der Waals surface area contributed by atoms with Crippen molar-refractivity contribution in [2.24, 2.45) is 0 Å². The van der Waals surface area contributed by atoms with Crippen LogP contribution in [-0.2, 0) is 16.1 Å². The van der Waals surface area contributed by atoms with E-state index in [9.17, 15) is 10.1 Å². The van der Waals surface area contributed by atoms with E-state index in [0.717, 1.165) is 73.6 Å². The number of nitrogens with zero attached hydrogens (tertiary/aromatic N) is 3.